The van der Waals surface area contributed by atoms with Gasteiger partial charge in [0.25, 0.3) is 5.56 Å². The van der Waals surface area contributed by atoms with E-state index < -0.39 is 6.04 Å². The summed E-state index contributed by atoms with van der Waals surface area (Å²) in [5.41, 5.74) is 3.51. The minimum atomic E-state index is -0.796. The number of aryl methyl sites for hydroxylation is 2. The van der Waals surface area contributed by atoms with Crippen LogP contribution in [-0.2, 0) is 4.79 Å². The van der Waals surface area contributed by atoms with Gasteiger partial charge in [0, 0.05) is 11.5 Å². The normalized spacial score (nSPS) is 12.2. The number of carbonyl (C=O) groups excluding carboxylic acids is 1. The van der Waals surface area contributed by atoms with Gasteiger partial charge in [0.05, 0.1) is 28.7 Å². The van der Waals surface area contributed by atoms with Gasteiger partial charge in [-0.15, -0.1) is 0 Å². The molecule has 0 spiro atoms. The van der Waals surface area contributed by atoms with Crippen LogP contribution in [0.4, 0.5) is 5.13 Å². The second-order valence-electron chi connectivity index (χ2n) is 8.08. The standard InChI is InChI=1S/C25H23N5O3S/c1-14-12-21(31)29(24-22(14)15(2)28-30(24)17-8-6-5-7-9-17)16(3)23(32)27-25-26-19-11-10-18(33-4)13-20(19)34-25/h5-13,16H,1-4H3,(H,26,27,32). The molecule has 3 heterocycles. The zero-order chi connectivity index (χ0) is 24.0. The quantitative estimate of drug-likeness (QED) is 0.402. The summed E-state index contributed by atoms with van der Waals surface area (Å²) in [6.45, 7) is 5.50. The van der Waals surface area contributed by atoms with E-state index in [-0.39, 0.29) is 11.5 Å². The van der Waals surface area contributed by atoms with E-state index in [0.717, 1.165) is 38.3 Å². The zero-order valence-corrected chi connectivity index (χ0v) is 20.0. The van der Waals surface area contributed by atoms with Crippen molar-refractivity contribution in [3.8, 4) is 11.4 Å². The third-order valence-corrected chi connectivity index (χ3v) is 6.76. The molecule has 9 heteroatoms. The summed E-state index contributed by atoms with van der Waals surface area (Å²) >= 11 is 1.35. The topological polar surface area (TPSA) is 91.0 Å². The van der Waals surface area contributed by atoms with Gasteiger partial charge in [-0.2, -0.15) is 5.10 Å². The second-order valence-corrected chi connectivity index (χ2v) is 9.12. The molecule has 34 heavy (non-hydrogen) atoms. The van der Waals surface area contributed by atoms with Gasteiger partial charge in [0.15, 0.2) is 5.13 Å². The molecule has 0 aliphatic carbocycles. The van der Waals surface area contributed by atoms with Crippen molar-refractivity contribution in [1.29, 1.82) is 0 Å². The van der Waals surface area contributed by atoms with Gasteiger partial charge >= 0.3 is 0 Å². The first-order valence-electron chi connectivity index (χ1n) is 10.8. The molecular formula is C25H23N5O3S. The Morgan fingerprint density at radius 2 is 1.88 bits per heavy atom. The van der Waals surface area contributed by atoms with Crippen LogP contribution < -0.4 is 15.6 Å². The molecule has 0 aliphatic heterocycles. The third kappa shape index (κ3) is 3.63. The molecule has 8 nitrogen and oxygen atoms in total. The molecular weight excluding hydrogens is 450 g/mol. The summed E-state index contributed by atoms with van der Waals surface area (Å²) in [6, 6.07) is 15.9. The highest BCUT2D eigenvalue weighted by Crippen LogP contribution is 2.30. The molecule has 1 unspecified atom stereocenters. The number of nitrogens with one attached hydrogen (secondary N) is 1. The number of carbonyl (C=O) groups is 1. The molecule has 0 bridgehead atoms. The van der Waals surface area contributed by atoms with Crippen LogP contribution in [0.5, 0.6) is 5.75 Å². The number of para-hydroxylation sites is 1. The van der Waals surface area contributed by atoms with Gasteiger partial charge < -0.3 is 10.1 Å². The van der Waals surface area contributed by atoms with Gasteiger partial charge in [0.1, 0.15) is 17.4 Å². The predicted octanol–water partition coefficient (Wildman–Crippen LogP) is 4.62. The Kier molecular flexibility index (Phi) is 5.41. The largest absolute Gasteiger partial charge is 0.497 e. The number of benzene rings is 2. The molecule has 1 atom stereocenters. The maximum Gasteiger partial charge on any atom is 0.253 e. The first-order valence-corrected chi connectivity index (χ1v) is 11.6. The van der Waals surface area contributed by atoms with Crippen molar-refractivity contribution in [3.05, 3.63) is 76.2 Å². The van der Waals surface area contributed by atoms with Gasteiger partial charge in [-0.1, -0.05) is 29.5 Å². The Labute approximate surface area is 199 Å². The molecule has 5 rings (SSSR count). The third-order valence-electron chi connectivity index (χ3n) is 5.83. The number of pyridine rings is 1. The summed E-state index contributed by atoms with van der Waals surface area (Å²) < 4.78 is 9.40. The van der Waals surface area contributed by atoms with E-state index >= 15 is 0 Å². The van der Waals surface area contributed by atoms with E-state index in [2.05, 4.69) is 10.3 Å². The number of aromatic nitrogens is 4. The number of nitrogens with zero attached hydrogens (tertiary/aromatic N) is 4. The summed E-state index contributed by atoms with van der Waals surface area (Å²) in [5, 5.41) is 8.89. The highest BCUT2D eigenvalue weighted by atomic mass is 32.1. The van der Waals surface area contributed by atoms with Crippen molar-refractivity contribution in [2.75, 3.05) is 12.4 Å². The Bertz CT molecular complexity index is 1600. The van der Waals surface area contributed by atoms with Gasteiger partial charge in [-0.3, -0.25) is 14.2 Å². The van der Waals surface area contributed by atoms with Crippen molar-refractivity contribution in [2.24, 2.45) is 0 Å². The van der Waals surface area contributed by atoms with Gasteiger partial charge in [0.2, 0.25) is 5.91 Å². The molecule has 0 saturated heterocycles. The Morgan fingerprint density at radius 3 is 2.62 bits per heavy atom. The number of anilines is 1. The Hall–Kier alpha value is -3.98. The molecule has 1 amide bonds. The number of thiazole rings is 1. The molecule has 0 fully saturated rings. The van der Waals surface area contributed by atoms with Crippen LogP contribution in [0.15, 0.2) is 59.4 Å². The monoisotopic (exact) mass is 473 g/mol. The summed E-state index contributed by atoms with van der Waals surface area (Å²) in [5.74, 6) is 0.386. The average Bonchev–Trinajstić information content (AvgIpc) is 3.39. The van der Waals surface area contributed by atoms with Crippen molar-refractivity contribution < 1.29 is 9.53 Å². The average molecular weight is 474 g/mol. The fourth-order valence-electron chi connectivity index (χ4n) is 4.17. The molecule has 0 radical (unpaired) electrons. The summed E-state index contributed by atoms with van der Waals surface area (Å²) in [7, 11) is 1.61. The van der Waals surface area contributed by atoms with Crippen LogP contribution in [0.1, 0.15) is 24.2 Å². The minimum absolute atomic E-state index is 0.265. The van der Waals surface area contributed by atoms with Crippen LogP contribution in [0, 0.1) is 13.8 Å². The van der Waals surface area contributed by atoms with Crippen molar-refractivity contribution >= 4 is 43.6 Å². The van der Waals surface area contributed by atoms with Crippen LogP contribution in [0.3, 0.4) is 0 Å². The van der Waals surface area contributed by atoms with E-state index in [9.17, 15) is 9.59 Å². The van der Waals surface area contributed by atoms with E-state index in [4.69, 9.17) is 9.84 Å². The molecule has 0 saturated carbocycles. The number of hydrogen-bond donors (Lipinski definition) is 1. The van der Waals surface area contributed by atoms with Crippen molar-refractivity contribution in [2.45, 2.75) is 26.8 Å². The second kappa shape index (κ2) is 8.42. The zero-order valence-electron chi connectivity index (χ0n) is 19.2. The van der Waals surface area contributed by atoms with Crippen LogP contribution in [0.2, 0.25) is 0 Å². The van der Waals surface area contributed by atoms with E-state index in [1.165, 1.54) is 15.9 Å². The predicted molar refractivity (Wildman–Crippen MR) is 134 cm³/mol. The van der Waals surface area contributed by atoms with E-state index in [1.54, 1.807) is 24.8 Å². The highest BCUT2D eigenvalue weighted by Gasteiger charge is 2.24. The van der Waals surface area contributed by atoms with Crippen molar-refractivity contribution in [1.82, 2.24) is 19.3 Å². The first kappa shape index (κ1) is 21.8. The fourth-order valence-corrected chi connectivity index (χ4v) is 5.06. The lowest BCUT2D eigenvalue weighted by molar-refractivity contribution is -0.118. The summed E-state index contributed by atoms with van der Waals surface area (Å²) in [4.78, 5) is 31.0. The number of methoxy groups -OCH3 is 1. The number of amides is 1. The van der Waals surface area contributed by atoms with Crippen LogP contribution in [-0.4, -0.2) is 32.3 Å². The number of ether oxygens (including phenoxy) is 1. The van der Waals surface area contributed by atoms with E-state index in [0.29, 0.717) is 10.8 Å². The van der Waals surface area contributed by atoms with Gasteiger partial charge in [-0.25, -0.2) is 9.67 Å². The van der Waals surface area contributed by atoms with Crippen LogP contribution in [0.25, 0.3) is 26.9 Å². The molecule has 1 N–H and O–H groups in total. The number of hydrogen-bond acceptors (Lipinski definition) is 6. The Balaban J connectivity index is 1.58. The maximum atomic E-state index is 13.3. The van der Waals surface area contributed by atoms with Crippen molar-refractivity contribution in [3.63, 3.8) is 0 Å². The van der Waals surface area contributed by atoms with Crippen LogP contribution >= 0.6 is 11.3 Å². The molecule has 172 valence electrons. The SMILES string of the molecule is COc1ccc2nc(NC(=O)C(C)n3c(=O)cc(C)c4c(C)nn(-c5ccccc5)c43)sc2c1. The maximum absolute atomic E-state index is 13.3. The molecule has 5 aromatic rings. The molecule has 2 aromatic carbocycles. The first-order chi connectivity index (χ1) is 16.4. The highest BCUT2D eigenvalue weighted by molar-refractivity contribution is 7.22. The minimum Gasteiger partial charge on any atom is -0.497 e. The smallest absolute Gasteiger partial charge is 0.253 e. The number of rotatable bonds is 5. The molecule has 0 aliphatic rings. The van der Waals surface area contributed by atoms with E-state index in [1.807, 2.05) is 62.4 Å². The summed E-state index contributed by atoms with van der Waals surface area (Å²) in [6.07, 6.45) is 0. The lowest BCUT2D eigenvalue weighted by Crippen LogP contribution is -2.32. The number of fused-ring (bicyclic) bond motifs is 2. The van der Waals surface area contributed by atoms with Gasteiger partial charge in [-0.05, 0) is 56.7 Å². The lowest BCUT2D eigenvalue weighted by atomic mass is 10.1. The fraction of sp³-hybridized carbons (Fsp3) is 0.200. The lowest BCUT2D eigenvalue weighted by Gasteiger charge is -2.18. The molecule has 3 aromatic heterocycles. The Morgan fingerprint density at radius 1 is 1.12 bits per heavy atom.